The molecule has 1 aromatic carbocycles. The van der Waals surface area contributed by atoms with Gasteiger partial charge < -0.3 is 14.6 Å². The Kier molecular flexibility index (Phi) is 4.04. The van der Waals surface area contributed by atoms with E-state index in [0.717, 1.165) is 0 Å². The van der Waals surface area contributed by atoms with Crippen LogP contribution in [0.5, 0.6) is 5.75 Å². The highest BCUT2D eigenvalue weighted by Crippen LogP contribution is 2.45. The van der Waals surface area contributed by atoms with Crippen LogP contribution < -0.4 is 9.64 Å². The molecule has 1 aliphatic carbocycles. The molecule has 0 saturated heterocycles. The molecule has 1 aromatic rings. The van der Waals surface area contributed by atoms with Crippen molar-refractivity contribution in [3.8, 4) is 5.75 Å². The van der Waals surface area contributed by atoms with E-state index in [9.17, 15) is 14.7 Å². The molecule has 6 heteroatoms. The van der Waals surface area contributed by atoms with Gasteiger partial charge in [-0.3, -0.25) is 4.90 Å². The Morgan fingerprint density at radius 2 is 1.91 bits per heavy atom. The molecule has 0 aromatic heterocycles. The first-order valence-electron chi connectivity index (χ1n) is 7.10. The van der Waals surface area contributed by atoms with E-state index in [1.807, 2.05) is 0 Å². The largest absolute Gasteiger partial charge is 0.497 e. The molecule has 0 bridgehead atoms. The van der Waals surface area contributed by atoms with E-state index in [2.05, 4.69) is 0 Å². The van der Waals surface area contributed by atoms with Gasteiger partial charge in [0.15, 0.2) is 0 Å². The molecule has 1 fully saturated rings. The molecule has 0 heterocycles. The van der Waals surface area contributed by atoms with Crippen molar-refractivity contribution in [3.63, 3.8) is 0 Å². The monoisotopic (exact) mass is 307 g/mol. The maximum Gasteiger partial charge on any atom is 0.415 e. The fourth-order valence-corrected chi connectivity index (χ4v) is 2.24. The molecule has 1 N–H and O–H groups in total. The molecule has 2 rings (SSSR count). The minimum Gasteiger partial charge on any atom is -0.497 e. The zero-order valence-electron chi connectivity index (χ0n) is 13.3. The lowest BCUT2D eigenvalue weighted by molar-refractivity contribution is -0.139. The minimum absolute atomic E-state index is 0.402. The number of amides is 1. The molecule has 6 nitrogen and oxygen atoms in total. The fraction of sp³-hybridized carbons (Fsp3) is 0.500. The summed E-state index contributed by atoms with van der Waals surface area (Å²) in [5.74, 6) is -0.478. The van der Waals surface area contributed by atoms with Crippen LogP contribution in [0.3, 0.4) is 0 Å². The molecule has 0 unspecified atom stereocenters. The molecule has 1 amide bonds. The van der Waals surface area contributed by atoms with Gasteiger partial charge >= 0.3 is 12.1 Å². The van der Waals surface area contributed by atoms with E-state index in [-0.39, 0.29) is 0 Å². The van der Waals surface area contributed by atoms with Gasteiger partial charge in [-0.25, -0.2) is 9.59 Å². The summed E-state index contributed by atoms with van der Waals surface area (Å²) >= 11 is 0. The van der Waals surface area contributed by atoms with Crippen LogP contribution in [0.1, 0.15) is 33.6 Å². The van der Waals surface area contributed by atoms with Crippen molar-refractivity contribution in [1.82, 2.24) is 0 Å². The summed E-state index contributed by atoms with van der Waals surface area (Å²) in [5, 5.41) is 9.53. The van der Waals surface area contributed by atoms with Crippen LogP contribution in [0.15, 0.2) is 24.3 Å². The smallest absolute Gasteiger partial charge is 0.415 e. The van der Waals surface area contributed by atoms with Gasteiger partial charge in [-0.05, 0) is 45.7 Å². The molecule has 22 heavy (non-hydrogen) atoms. The van der Waals surface area contributed by atoms with E-state index in [1.165, 1.54) is 12.0 Å². The predicted molar refractivity (Wildman–Crippen MR) is 81.3 cm³/mol. The molecule has 0 atom stereocenters. The maximum atomic E-state index is 12.5. The second kappa shape index (κ2) is 5.51. The summed E-state index contributed by atoms with van der Waals surface area (Å²) in [6, 6.07) is 6.75. The average Bonchev–Trinajstić information content (AvgIpc) is 3.18. The number of hydrogen-bond donors (Lipinski definition) is 1. The van der Waals surface area contributed by atoms with Crippen LogP contribution in [0.2, 0.25) is 0 Å². The number of anilines is 1. The van der Waals surface area contributed by atoms with Gasteiger partial charge in [0, 0.05) is 6.07 Å². The highest BCUT2D eigenvalue weighted by Gasteiger charge is 2.58. The van der Waals surface area contributed by atoms with Crippen molar-refractivity contribution >= 4 is 17.7 Å². The number of benzene rings is 1. The normalized spacial score (nSPS) is 15.8. The zero-order chi connectivity index (χ0) is 16.5. The lowest BCUT2D eigenvalue weighted by Gasteiger charge is -2.31. The number of ether oxygens (including phenoxy) is 2. The number of carbonyl (C=O) groups is 2. The van der Waals surface area contributed by atoms with Crippen molar-refractivity contribution in [2.24, 2.45) is 0 Å². The van der Waals surface area contributed by atoms with Crippen LogP contribution in [0, 0.1) is 0 Å². The number of carboxylic acids is 1. The van der Waals surface area contributed by atoms with E-state index in [4.69, 9.17) is 9.47 Å². The second-order valence-corrected chi connectivity index (χ2v) is 6.35. The Morgan fingerprint density at radius 1 is 1.27 bits per heavy atom. The van der Waals surface area contributed by atoms with Gasteiger partial charge in [-0.2, -0.15) is 0 Å². The first-order valence-corrected chi connectivity index (χ1v) is 7.10. The third-order valence-electron chi connectivity index (χ3n) is 3.44. The number of carboxylic acid groups (broad SMARTS) is 1. The Morgan fingerprint density at radius 3 is 2.36 bits per heavy atom. The highest BCUT2D eigenvalue weighted by atomic mass is 16.6. The first kappa shape index (κ1) is 16.1. The molecular weight excluding hydrogens is 286 g/mol. The summed E-state index contributed by atoms with van der Waals surface area (Å²) in [6.07, 6.45) is 0.137. The van der Waals surface area contributed by atoms with Crippen molar-refractivity contribution < 1.29 is 24.2 Å². The molecule has 120 valence electrons. The second-order valence-electron chi connectivity index (χ2n) is 6.35. The SMILES string of the molecule is COc1cccc(N(C(=O)OC(C)(C)C)C2(C(=O)O)CC2)c1. The summed E-state index contributed by atoms with van der Waals surface area (Å²) in [6.45, 7) is 5.24. The summed E-state index contributed by atoms with van der Waals surface area (Å²) in [4.78, 5) is 25.4. The molecular formula is C16H21NO5. The summed E-state index contributed by atoms with van der Waals surface area (Å²) < 4.78 is 10.5. The Balaban J connectivity index is 2.42. The number of methoxy groups -OCH3 is 1. The number of aliphatic carboxylic acids is 1. The van der Waals surface area contributed by atoms with E-state index in [1.54, 1.807) is 45.0 Å². The average molecular weight is 307 g/mol. The molecule has 1 aliphatic rings. The maximum absolute atomic E-state index is 12.5. The van der Waals surface area contributed by atoms with Crippen molar-refractivity contribution in [1.29, 1.82) is 0 Å². The van der Waals surface area contributed by atoms with Crippen LogP contribution in [0.4, 0.5) is 10.5 Å². The van der Waals surface area contributed by atoms with Crippen molar-refractivity contribution in [2.75, 3.05) is 12.0 Å². The van der Waals surface area contributed by atoms with Crippen molar-refractivity contribution in [3.05, 3.63) is 24.3 Å². The molecule has 0 radical (unpaired) electrons. The third-order valence-corrected chi connectivity index (χ3v) is 3.44. The van der Waals surface area contributed by atoms with Crippen LogP contribution in [-0.4, -0.2) is 35.4 Å². The number of nitrogens with zero attached hydrogens (tertiary/aromatic N) is 1. The predicted octanol–water partition coefficient (Wildman–Crippen LogP) is 3.05. The first-order chi connectivity index (χ1) is 10.2. The number of hydrogen-bond acceptors (Lipinski definition) is 4. The molecule has 0 spiro atoms. The number of carbonyl (C=O) groups excluding carboxylic acids is 1. The molecule has 0 aliphatic heterocycles. The van der Waals surface area contributed by atoms with Gasteiger partial charge in [-0.1, -0.05) is 6.07 Å². The van der Waals surface area contributed by atoms with E-state index >= 15 is 0 Å². The minimum atomic E-state index is -1.23. The van der Waals surface area contributed by atoms with Crippen LogP contribution in [0.25, 0.3) is 0 Å². The fourth-order valence-electron chi connectivity index (χ4n) is 2.24. The van der Waals surface area contributed by atoms with E-state index < -0.39 is 23.2 Å². The van der Waals surface area contributed by atoms with Gasteiger partial charge in [0.05, 0.1) is 12.8 Å². The van der Waals surface area contributed by atoms with Gasteiger partial charge in [0.25, 0.3) is 0 Å². The van der Waals surface area contributed by atoms with Crippen LogP contribution in [-0.2, 0) is 9.53 Å². The Hall–Kier alpha value is -2.24. The highest BCUT2D eigenvalue weighted by molar-refractivity contribution is 6.00. The van der Waals surface area contributed by atoms with Crippen molar-refractivity contribution in [2.45, 2.75) is 44.8 Å². The third kappa shape index (κ3) is 3.16. The zero-order valence-corrected chi connectivity index (χ0v) is 13.3. The standard InChI is InChI=1S/C16H21NO5/c1-15(2,3)22-14(20)17(16(8-9-16)13(18)19)11-6-5-7-12(10-11)21-4/h5-7,10H,8-9H2,1-4H3,(H,18,19). The Labute approximate surface area is 129 Å². The topological polar surface area (TPSA) is 76.1 Å². The quantitative estimate of drug-likeness (QED) is 0.925. The lowest BCUT2D eigenvalue weighted by atomic mass is 10.1. The Bertz CT molecular complexity index is 586. The van der Waals surface area contributed by atoms with Gasteiger partial charge in [0.2, 0.25) is 0 Å². The van der Waals surface area contributed by atoms with Gasteiger partial charge in [-0.15, -0.1) is 0 Å². The number of rotatable bonds is 4. The summed E-state index contributed by atoms with van der Waals surface area (Å²) in [7, 11) is 1.51. The summed E-state index contributed by atoms with van der Waals surface area (Å²) in [5.41, 5.74) is -1.48. The lowest BCUT2D eigenvalue weighted by Crippen LogP contribution is -2.49. The molecule has 1 saturated carbocycles. The van der Waals surface area contributed by atoms with Crippen LogP contribution >= 0.6 is 0 Å². The van der Waals surface area contributed by atoms with Gasteiger partial charge in [0.1, 0.15) is 16.9 Å². The van der Waals surface area contributed by atoms with E-state index in [0.29, 0.717) is 24.3 Å².